The predicted molar refractivity (Wildman–Crippen MR) is 126 cm³/mol. The number of hydrogen-bond donors (Lipinski definition) is 1. The summed E-state index contributed by atoms with van der Waals surface area (Å²) < 4.78 is 10.9. The van der Waals surface area contributed by atoms with Crippen molar-refractivity contribution >= 4 is 34.1 Å². The number of nitrogens with one attached hydrogen (secondary N) is 1. The Hall–Kier alpha value is -4.13. The molecule has 0 saturated heterocycles. The number of urea groups is 1. The Morgan fingerprint density at radius 3 is 2.06 bits per heavy atom. The third kappa shape index (κ3) is 4.18. The quantitative estimate of drug-likeness (QED) is 0.446. The largest absolute Gasteiger partial charge is 0.493 e. The average Bonchev–Trinajstić information content (AvgIpc) is 2.81. The van der Waals surface area contributed by atoms with E-state index in [1.807, 2.05) is 62.4 Å². The fourth-order valence-corrected chi connectivity index (χ4v) is 3.39. The van der Waals surface area contributed by atoms with E-state index in [0.29, 0.717) is 39.6 Å². The molecule has 0 aliphatic heterocycles. The lowest BCUT2D eigenvalue weighted by molar-refractivity contribution is 0.259. The van der Waals surface area contributed by atoms with Crippen LogP contribution in [0.1, 0.15) is 11.1 Å². The van der Waals surface area contributed by atoms with Gasteiger partial charge >= 0.3 is 6.03 Å². The molecule has 0 aliphatic carbocycles. The standard InChI is InChI=1S/C25H24N4O3/c1-16-5-9-18(10-6-16)28-25(30)29(19-11-7-17(2)8-12-19)24-20-13-22(31-3)23(32-4)14-21(20)26-15-27-24/h5-15H,1-4H3,(H,28,30). The Morgan fingerprint density at radius 1 is 0.844 bits per heavy atom. The van der Waals surface area contributed by atoms with Gasteiger partial charge in [-0.3, -0.25) is 0 Å². The van der Waals surface area contributed by atoms with Crippen LogP contribution in [0.3, 0.4) is 0 Å². The van der Waals surface area contributed by atoms with E-state index in [2.05, 4.69) is 15.3 Å². The molecule has 3 aromatic carbocycles. The highest BCUT2D eigenvalue weighted by molar-refractivity contribution is 6.11. The third-order valence-electron chi connectivity index (χ3n) is 5.13. The Balaban J connectivity index is 1.86. The van der Waals surface area contributed by atoms with Crippen LogP contribution in [0.5, 0.6) is 11.5 Å². The zero-order valence-electron chi connectivity index (χ0n) is 18.4. The molecule has 7 heteroatoms. The van der Waals surface area contributed by atoms with Crippen molar-refractivity contribution in [3.63, 3.8) is 0 Å². The summed E-state index contributed by atoms with van der Waals surface area (Å²) in [6.07, 6.45) is 1.43. The lowest BCUT2D eigenvalue weighted by Crippen LogP contribution is -2.31. The van der Waals surface area contributed by atoms with E-state index in [4.69, 9.17) is 9.47 Å². The topological polar surface area (TPSA) is 76.6 Å². The molecule has 0 aliphatic rings. The second kappa shape index (κ2) is 8.93. The number of aryl methyl sites for hydroxylation is 2. The first kappa shape index (κ1) is 21.1. The van der Waals surface area contributed by atoms with Crippen LogP contribution < -0.4 is 19.7 Å². The first-order chi connectivity index (χ1) is 15.5. The maximum Gasteiger partial charge on any atom is 0.332 e. The van der Waals surface area contributed by atoms with Gasteiger partial charge in [0.1, 0.15) is 6.33 Å². The van der Waals surface area contributed by atoms with Crippen LogP contribution in [0.2, 0.25) is 0 Å². The minimum Gasteiger partial charge on any atom is -0.493 e. The van der Waals surface area contributed by atoms with Crippen molar-refractivity contribution in [3.8, 4) is 11.5 Å². The van der Waals surface area contributed by atoms with Crippen molar-refractivity contribution in [2.45, 2.75) is 13.8 Å². The molecular formula is C25H24N4O3. The number of rotatable bonds is 5. The number of hydrogen-bond acceptors (Lipinski definition) is 5. The Labute approximate surface area is 186 Å². The second-order valence-electron chi connectivity index (χ2n) is 7.39. The summed E-state index contributed by atoms with van der Waals surface area (Å²) in [5, 5.41) is 3.62. The number of fused-ring (bicyclic) bond motifs is 1. The number of methoxy groups -OCH3 is 2. The Morgan fingerprint density at radius 2 is 1.44 bits per heavy atom. The molecule has 4 aromatic rings. The van der Waals surface area contributed by atoms with Crippen molar-refractivity contribution in [2.24, 2.45) is 0 Å². The summed E-state index contributed by atoms with van der Waals surface area (Å²) in [7, 11) is 3.13. The first-order valence-corrected chi connectivity index (χ1v) is 10.1. The molecule has 1 heterocycles. The molecule has 32 heavy (non-hydrogen) atoms. The monoisotopic (exact) mass is 428 g/mol. The normalized spacial score (nSPS) is 10.6. The van der Waals surface area contributed by atoms with Crippen molar-refractivity contribution in [3.05, 3.63) is 78.1 Å². The van der Waals surface area contributed by atoms with E-state index in [-0.39, 0.29) is 6.03 Å². The van der Waals surface area contributed by atoms with Gasteiger partial charge in [-0.1, -0.05) is 35.4 Å². The summed E-state index contributed by atoms with van der Waals surface area (Å²) in [6.45, 7) is 4.00. The van der Waals surface area contributed by atoms with Crippen molar-refractivity contribution in [1.82, 2.24) is 9.97 Å². The van der Waals surface area contributed by atoms with Gasteiger partial charge in [-0.25, -0.2) is 19.7 Å². The third-order valence-corrected chi connectivity index (χ3v) is 5.13. The number of nitrogens with zero attached hydrogens (tertiary/aromatic N) is 3. The second-order valence-corrected chi connectivity index (χ2v) is 7.39. The summed E-state index contributed by atoms with van der Waals surface area (Å²) in [5.74, 6) is 1.51. The van der Waals surface area contributed by atoms with Gasteiger partial charge in [-0.05, 0) is 44.2 Å². The predicted octanol–water partition coefficient (Wildman–Crippen LogP) is 5.63. The number of carbonyl (C=O) groups is 1. The molecule has 1 N–H and O–H groups in total. The van der Waals surface area contributed by atoms with Gasteiger partial charge < -0.3 is 14.8 Å². The molecule has 0 bridgehead atoms. The van der Waals surface area contributed by atoms with Crippen LogP contribution in [-0.2, 0) is 0 Å². The zero-order valence-corrected chi connectivity index (χ0v) is 18.4. The van der Waals surface area contributed by atoms with E-state index in [0.717, 1.165) is 11.1 Å². The maximum absolute atomic E-state index is 13.5. The zero-order chi connectivity index (χ0) is 22.7. The van der Waals surface area contributed by atoms with Crippen LogP contribution in [0.4, 0.5) is 22.0 Å². The summed E-state index contributed by atoms with van der Waals surface area (Å²) in [5.41, 5.74) is 4.20. The Bertz CT molecular complexity index is 1250. The van der Waals surface area contributed by atoms with Crippen molar-refractivity contribution in [1.29, 1.82) is 0 Å². The molecule has 0 atom stereocenters. The molecule has 7 nitrogen and oxygen atoms in total. The number of benzene rings is 3. The van der Waals surface area contributed by atoms with Crippen molar-refractivity contribution in [2.75, 3.05) is 24.4 Å². The van der Waals surface area contributed by atoms with Crippen molar-refractivity contribution < 1.29 is 14.3 Å². The molecule has 4 rings (SSSR count). The van der Waals surface area contributed by atoms with E-state index in [1.165, 1.54) is 11.2 Å². The van der Waals surface area contributed by atoms with Gasteiger partial charge in [0.05, 0.1) is 25.4 Å². The highest BCUT2D eigenvalue weighted by Gasteiger charge is 2.23. The smallest absolute Gasteiger partial charge is 0.332 e. The van der Waals surface area contributed by atoms with Gasteiger partial charge in [0.15, 0.2) is 17.3 Å². The molecule has 0 saturated carbocycles. The highest BCUT2D eigenvalue weighted by atomic mass is 16.5. The minimum atomic E-state index is -0.340. The van der Waals surface area contributed by atoms with E-state index in [1.54, 1.807) is 26.4 Å². The minimum absolute atomic E-state index is 0.340. The number of anilines is 3. The number of amides is 2. The summed E-state index contributed by atoms with van der Waals surface area (Å²) in [4.78, 5) is 23.9. The number of carbonyl (C=O) groups excluding carboxylic acids is 1. The van der Waals surface area contributed by atoms with Gasteiger partial charge in [0, 0.05) is 17.1 Å². The molecule has 1 aromatic heterocycles. The first-order valence-electron chi connectivity index (χ1n) is 10.1. The van der Waals surface area contributed by atoms with Gasteiger partial charge in [-0.2, -0.15) is 0 Å². The summed E-state index contributed by atoms with van der Waals surface area (Å²) >= 11 is 0. The molecule has 0 unspecified atom stereocenters. The van der Waals surface area contributed by atoms with Gasteiger partial charge in [-0.15, -0.1) is 0 Å². The van der Waals surface area contributed by atoms with Gasteiger partial charge in [0.25, 0.3) is 0 Å². The molecular weight excluding hydrogens is 404 g/mol. The van der Waals surface area contributed by atoms with Gasteiger partial charge in [0.2, 0.25) is 0 Å². The highest BCUT2D eigenvalue weighted by Crippen LogP contribution is 2.37. The fourth-order valence-electron chi connectivity index (χ4n) is 3.39. The van der Waals surface area contributed by atoms with E-state index >= 15 is 0 Å². The van der Waals surface area contributed by atoms with Crippen LogP contribution in [0.15, 0.2) is 67.0 Å². The van der Waals surface area contributed by atoms with E-state index < -0.39 is 0 Å². The molecule has 162 valence electrons. The Kier molecular flexibility index (Phi) is 5.89. The SMILES string of the molecule is COc1cc2ncnc(N(C(=O)Nc3ccc(C)cc3)c3ccc(C)cc3)c2cc1OC. The summed E-state index contributed by atoms with van der Waals surface area (Å²) in [6, 6.07) is 18.5. The lowest BCUT2D eigenvalue weighted by Gasteiger charge is -2.24. The molecule has 0 spiro atoms. The fraction of sp³-hybridized carbons (Fsp3) is 0.160. The van der Waals surface area contributed by atoms with Crippen LogP contribution >= 0.6 is 0 Å². The molecule has 2 amide bonds. The molecule has 0 fully saturated rings. The number of ether oxygens (including phenoxy) is 2. The maximum atomic E-state index is 13.5. The number of aromatic nitrogens is 2. The lowest BCUT2D eigenvalue weighted by atomic mass is 10.1. The average molecular weight is 428 g/mol. The molecule has 0 radical (unpaired) electrons. The van der Waals surface area contributed by atoms with Crippen LogP contribution in [0, 0.1) is 13.8 Å². The van der Waals surface area contributed by atoms with E-state index in [9.17, 15) is 4.79 Å². The van der Waals surface area contributed by atoms with Crippen LogP contribution in [0.25, 0.3) is 10.9 Å². The van der Waals surface area contributed by atoms with Crippen LogP contribution in [-0.4, -0.2) is 30.2 Å².